The number of aryl methyl sites for hydroxylation is 3. The molecule has 2 rings (SSSR count). The van der Waals surface area contributed by atoms with Gasteiger partial charge in [-0.3, -0.25) is 0 Å². The Labute approximate surface area is 169 Å². The summed E-state index contributed by atoms with van der Waals surface area (Å²) in [5.41, 5.74) is 5.72. The number of esters is 1. The Balaban J connectivity index is 2.17. The molecule has 0 saturated heterocycles. The van der Waals surface area contributed by atoms with Gasteiger partial charge in [0.15, 0.2) is 0 Å². The molecule has 0 aliphatic carbocycles. The molecule has 2 atom stereocenters. The van der Waals surface area contributed by atoms with Crippen LogP contribution in [0.25, 0.3) is 0 Å². The van der Waals surface area contributed by atoms with Crippen molar-refractivity contribution in [3.63, 3.8) is 0 Å². The van der Waals surface area contributed by atoms with E-state index in [1.54, 1.807) is 0 Å². The zero-order valence-electron chi connectivity index (χ0n) is 18.1. The molecule has 2 aromatic carbocycles. The standard InChI is InChI=1S/C24H32N2O2/c1-8-26(7)15-25-23-14-17(3)22(13-18(23)4)24(27)28-20(6)19(5)21-12-10-9-11-16(21)2/h9-15,19-20H,8H2,1-7H3/b25-15+/t19-,20+/m1/s1. The van der Waals surface area contributed by atoms with Gasteiger partial charge >= 0.3 is 5.97 Å². The number of aliphatic imine (C=N–C) groups is 1. The zero-order chi connectivity index (χ0) is 20.8. The highest BCUT2D eigenvalue weighted by Gasteiger charge is 2.22. The lowest BCUT2D eigenvalue weighted by molar-refractivity contribution is 0.0292. The first-order valence-corrected chi connectivity index (χ1v) is 9.86. The Morgan fingerprint density at radius 2 is 1.79 bits per heavy atom. The lowest BCUT2D eigenvalue weighted by Crippen LogP contribution is -2.22. The first-order chi connectivity index (χ1) is 13.2. The summed E-state index contributed by atoms with van der Waals surface area (Å²) in [5.74, 6) is -0.158. The molecule has 0 spiro atoms. The van der Waals surface area contributed by atoms with Crippen LogP contribution < -0.4 is 0 Å². The molecular weight excluding hydrogens is 348 g/mol. The minimum atomic E-state index is -0.283. The van der Waals surface area contributed by atoms with Crippen molar-refractivity contribution in [3.05, 3.63) is 64.2 Å². The van der Waals surface area contributed by atoms with Crippen LogP contribution in [-0.2, 0) is 4.74 Å². The van der Waals surface area contributed by atoms with E-state index in [2.05, 4.69) is 37.9 Å². The topological polar surface area (TPSA) is 41.9 Å². The average Bonchev–Trinajstić information content (AvgIpc) is 2.67. The molecule has 0 unspecified atom stereocenters. The summed E-state index contributed by atoms with van der Waals surface area (Å²) in [6.45, 7) is 13.0. The van der Waals surface area contributed by atoms with Gasteiger partial charge in [0.05, 0.1) is 17.6 Å². The lowest BCUT2D eigenvalue weighted by atomic mass is 9.92. The number of nitrogens with zero attached hydrogens (tertiary/aromatic N) is 2. The molecule has 0 aliphatic rings. The summed E-state index contributed by atoms with van der Waals surface area (Å²) in [4.78, 5) is 19.3. The van der Waals surface area contributed by atoms with Crippen LogP contribution in [0.4, 0.5) is 5.69 Å². The molecule has 0 amide bonds. The smallest absolute Gasteiger partial charge is 0.338 e. The molecule has 0 radical (unpaired) electrons. The Bertz CT molecular complexity index is 858. The number of benzene rings is 2. The molecule has 4 nitrogen and oxygen atoms in total. The van der Waals surface area contributed by atoms with Crippen LogP contribution in [0.1, 0.15) is 59.3 Å². The molecule has 0 fully saturated rings. The third-order valence-corrected chi connectivity index (χ3v) is 5.33. The lowest BCUT2D eigenvalue weighted by Gasteiger charge is -2.23. The summed E-state index contributed by atoms with van der Waals surface area (Å²) in [5, 5.41) is 0. The van der Waals surface area contributed by atoms with Crippen molar-refractivity contribution >= 4 is 18.0 Å². The molecule has 0 aliphatic heterocycles. The highest BCUT2D eigenvalue weighted by atomic mass is 16.5. The van der Waals surface area contributed by atoms with Crippen molar-refractivity contribution in [3.8, 4) is 0 Å². The monoisotopic (exact) mass is 380 g/mol. The maximum Gasteiger partial charge on any atom is 0.338 e. The van der Waals surface area contributed by atoms with Gasteiger partial charge in [0, 0.05) is 19.5 Å². The van der Waals surface area contributed by atoms with E-state index in [1.165, 1.54) is 11.1 Å². The molecule has 150 valence electrons. The quantitative estimate of drug-likeness (QED) is 0.358. The fraction of sp³-hybridized carbons (Fsp3) is 0.417. The Morgan fingerprint density at radius 1 is 1.11 bits per heavy atom. The first-order valence-electron chi connectivity index (χ1n) is 9.86. The van der Waals surface area contributed by atoms with E-state index in [1.807, 2.05) is 63.3 Å². The second-order valence-electron chi connectivity index (χ2n) is 7.53. The molecule has 0 N–H and O–H groups in total. The predicted molar refractivity (Wildman–Crippen MR) is 117 cm³/mol. The van der Waals surface area contributed by atoms with Crippen LogP contribution in [-0.4, -0.2) is 36.9 Å². The van der Waals surface area contributed by atoms with Crippen LogP contribution in [0.3, 0.4) is 0 Å². The van der Waals surface area contributed by atoms with Crippen molar-refractivity contribution in [2.24, 2.45) is 4.99 Å². The summed E-state index contributed by atoms with van der Waals surface area (Å²) in [7, 11) is 1.98. The van der Waals surface area contributed by atoms with Crippen molar-refractivity contribution in [1.82, 2.24) is 4.90 Å². The number of ether oxygens (including phenoxy) is 1. The third-order valence-electron chi connectivity index (χ3n) is 5.33. The van der Waals surface area contributed by atoms with Gasteiger partial charge in [0.1, 0.15) is 6.10 Å². The number of rotatable bonds is 7. The highest BCUT2D eigenvalue weighted by molar-refractivity contribution is 5.92. The van der Waals surface area contributed by atoms with Crippen molar-refractivity contribution in [2.45, 2.75) is 53.6 Å². The van der Waals surface area contributed by atoms with Gasteiger partial charge in [-0.2, -0.15) is 0 Å². The van der Waals surface area contributed by atoms with Gasteiger partial charge < -0.3 is 9.64 Å². The Morgan fingerprint density at radius 3 is 2.43 bits per heavy atom. The zero-order valence-corrected chi connectivity index (χ0v) is 18.1. The summed E-state index contributed by atoms with van der Waals surface area (Å²) in [6.07, 6.45) is 1.59. The average molecular weight is 381 g/mol. The normalized spacial score (nSPS) is 13.4. The summed E-state index contributed by atoms with van der Waals surface area (Å²) < 4.78 is 5.81. The fourth-order valence-electron chi connectivity index (χ4n) is 3.09. The van der Waals surface area contributed by atoms with E-state index in [4.69, 9.17) is 4.74 Å². The molecule has 0 heterocycles. The summed E-state index contributed by atoms with van der Waals surface area (Å²) in [6, 6.07) is 12.1. The minimum absolute atomic E-state index is 0.125. The van der Waals surface area contributed by atoms with Crippen molar-refractivity contribution < 1.29 is 9.53 Å². The largest absolute Gasteiger partial charge is 0.458 e. The highest BCUT2D eigenvalue weighted by Crippen LogP contribution is 2.27. The predicted octanol–water partition coefficient (Wildman–Crippen LogP) is 5.57. The van der Waals surface area contributed by atoms with Gasteiger partial charge in [0.25, 0.3) is 0 Å². The second kappa shape index (κ2) is 9.54. The van der Waals surface area contributed by atoms with E-state index in [0.29, 0.717) is 5.56 Å². The van der Waals surface area contributed by atoms with Gasteiger partial charge in [-0.05, 0) is 69.0 Å². The number of hydrogen-bond acceptors (Lipinski definition) is 3. The van der Waals surface area contributed by atoms with Crippen LogP contribution in [0, 0.1) is 20.8 Å². The molecular formula is C24H32N2O2. The third kappa shape index (κ3) is 5.22. The van der Waals surface area contributed by atoms with Crippen LogP contribution in [0.2, 0.25) is 0 Å². The Hall–Kier alpha value is -2.62. The van der Waals surface area contributed by atoms with E-state index in [9.17, 15) is 4.79 Å². The van der Waals surface area contributed by atoms with E-state index in [-0.39, 0.29) is 18.0 Å². The number of carbonyl (C=O) groups excluding carboxylic acids is 1. The van der Waals surface area contributed by atoms with Gasteiger partial charge in [-0.15, -0.1) is 0 Å². The first kappa shape index (κ1) is 21.7. The van der Waals surface area contributed by atoms with Crippen molar-refractivity contribution in [1.29, 1.82) is 0 Å². The van der Waals surface area contributed by atoms with E-state index >= 15 is 0 Å². The van der Waals surface area contributed by atoms with Gasteiger partial charge in [-0.1, -0.05) is 31.2 Å². The number of hydrogen-bond donors (Lipinski definition) is 0. The summed E-state index contributed by atoms with van der Waals surface area (Å²) >= 11 is 0. The Kier molecular flexibility index (Phi) is 7.38. The molecule has 4 heteroatoms. The minimum Gasteiger partial charge on any atom is -0.458 e. The molecule has 2 aromatic rings. The van der Waals surface area contributed by atoms with E-state index in [0.717, 1.165) is 23.4 Å². The van der Waals surface area contributed by atoms with Crippen LogP contribution >= 0.6 is 0 Å². The molecule has 0 aromatic heterocycles. The van der Waals surface area contributed by atoms with E-state index < -0.39 is 0 Å². The molecule has 0 bridgehead atoms. The fourth-order valence-corrected chi connectivity index (χ4v) is 3.09. The molecule has 0 saturated carbocycles. The maximum absolute atomic E-state index is 12.8. The second-order valence-corrected chi connectivity index (χ2v) is 7.53. The molecule has 28 heavy (non-hydrogen) atoms. The van der Waals surface area contributed by atoms with Crippen LogP contribution in [0.15, 0.2) is 41.4 Å². The number of carbonyl (C=O) groups is 1. The maximum atomic E-state index is 12.8. The van der Waals surface area contributed by atoms with Crippen molar-refractivity contribution in [2.75, 3.05) is 13.6 Å². The van der Waals surface area contributed by atoms with Gasteiger partial charge in [-0.25, -0.2) is 9.79 Å². The van der Waals surface area contributed by atoms with Gasteiger partial charge in [0.2, 0.25) is 0 Å². The SMILES string of the molecule is CCN(C)/C=N/c1cc(C)c(C(=O)O[C@@H](C)[C@@H](C)c2ccccc2C)cc1C. The van der Waals surface area contributed by atoms with Crippen LogP contribution in [0.5, 0.6) is 0 Å².